The molecule has 0 saturated carbocycles. The molecule has 17 heavy (non-hydrogen) atoms. The van der Waals surface area contributed by atoms with E-state index in [0.717, 1.165) is 42.3 Å². The predicted octanol–water partition coefficient (Wildman–Crippen LogP) is 2.00. The van der Waals surface area contributed by atoms with Crippen molar-refractivity contribution in [3.8, 4) is 17.0 Å². The van der Waals surface area contributed by atoms with E-state index in [0.29, 0.717) is 0 Å². The highest BCUT2D eigenvalue weighted by Gasteiger charge is 2.21. The van der Waals surface area contributed by atoms with Gasteiger partial charge in [0.25, 0.3) is 0 Å². The molecule has 4 nitrogen and oxygen atoms in total. The fourth-order valence-corrected chi connectivity index (χ4v) is 2.21. The van der Waals surface area contributed by atoms with Crippen molar-refractivity contribution in [2.45, 2.75) is 13.0 Å². The zero-order valence-electron chi connectivity index (χ0n) is 9.69. The first-order valence-corrected chi connectivity index (χ1v) is 5.71. The van der Waals surface area contributed by atoms with Gasteiger partial charge in [0, 0.05) is 11.1 Å². The Bertz CT molecular complexity index is 534. The van der Waals surface area contributed by atoms with E-state index in [9.17, 15) is 0 Å². The minimum atomic E-state index is 0.761. The van der Waals surface area contributed by atoms with Gasteiger partial charge in [-0.1, -0.05) is 17.3 Å². The van der Waals surface area contributed by atoms with Gasteiger partial charge in [-0.2, -0.15) is 0 Å². The number of nitrogens with zero attached hydrogens (tertiary/aromatic N) is 1. The van der Waals surface area contributed by atoms with Crippen molar-refractivity contribution in [1.29, 1.82) is 0 Å². The maximum Gasteiger partial charge on any atom is 0.154 e. The molecule has 3 rings (SSSR count). The molecule has 0 unspecified atom stereocenters. The van der Waals surface area contributed by atoms with Crippen LogP contribution in [0.5, 0.6) is 5.75 Å². The Morgan fingerprint density at radius 2 is 2.24 bits per heavy atom. The summed E-state index contributed by atoms with van der Waals surface area (Å²) in [6, 6.07) is 7.90. The summed E-state index contributed by atoms with van der Waals surface area (Å²) in [6.45, 7) is 1.73. The Hall–Kier alpha value is -1.81. The molecular weight excluding hydrogens is 216 g/mol. The maximum atomic E-state index is 5.37. The summed E-state index contributed by atoms with van der Waals surface area (Å²) in [5.41, 5.74) is 3.12. The Balaban J connectivity index is 2.12. The predicted molar refractivity (Wildman–Crippen MR) is 63.9 cm³/mol. The van der Waals surface area contributed by atoms with Crippen LogP contribution in [0.15, 0.2) is 28.8 Å². The number of methoxy groups -OCH3 is 1. The number of nitrogens with one attached hydrogen (secondary N) is 1. The van der Waals surface area contributed by atoms with Crippen molar-refractivity contribution >= 4 is 0 Å². The Morgan fingerprint density at radius 3 is 3.12 bits per heavy atom. The molecule has 1 aromatic carbocycles. The second kappa shape index (κ2) is 4.22. The number of hydrogen-bond acceptors (Lipinski definition) is 4. The molecule has 0 radical (unpaired) electrons. The van der Waals surface area contributed by atoms with Gasteiger partial charge in [-0.15, -0.1) is 0 Å². The van der Waals surface area contributed by atoms with Gasteiger partial charge in [-0.3, -0.25) is 0 Å². The molecule has 0 fully saturated rings. The number of para-hydroxylation sites is 1. The zero-order valence-corrected chi connectivity index (χ0v) is 9.69. The monoisotopic (exact) mass is 230 g/mol. The van der Waals surface area contributed by atoms with Gasteiger partial charge in [0.1, 0.15) is 11.4 Å². The van der Waals surface area contributed by atoms with Gasteiger partial charge in [-0.25, -0.2) is 0 Å². The van der Waals surface area contributed by atoms with Gasteiger partial charge in [-0.05, 0) is 25.1 Å². The molecule has 2 heterocycles. The summed E-state index contributed by atoms with van der Waals surface area (Å²) in [5.74, 6) is 1.78. The Morgan fingerprint density at radius 1 is 1.35 bits per heavy atom. The average Bonchev–Trinajstić information content (AvgIpc) is 2.82. The molecule has 1 N–H and O–H groups in total. The first-order chi connectivity index (χ1) is 8.40. The lowest BCUT2D eigenvalue weighted by atomic mass is 10.0. The fraction of sp³-hybridized carbons (Fsp3) is 0.308. The van der Waals surface area contributed by atoms with Gasteiger partial charge in [0.15, 0.2) is 5.76 Å². The number of aromatic nitrogens is 1. The molecule has 1 aromatic heterocycles. The SMILES string of the molecule is COc1ccccc1-c1noc2c1CCNC2. The zero-order chi connectivity index (χ0) is 11.7. The van der Waals surface area contributed by atoms with Crippen molar-refractivity contribution in [3.63, 3.8) is 0 Å². The summed E-state index contributed by atoms with van der Waals surface area (Å²) < 4.78 is 10.7. The summed E-state index contributed by atoms with van der Waals surface area (Å²) in [5, 5.41) is 7.45. The van der Waals surface area contributed by atoms with Gasteiger partial charge >= 0.3 is 0 Å². The van der Waals surface area contributed by atoms with Crippen LogP contribution in [0.3, 0.4) is 0 Å². The number of rotatable bonds is 2. The quantitative estimate of drug-likeness (QED) is 0.857. The average molecular weight is 230 g/mol. The second-order valence-corrected chi connectivity index (χ2v) is 4.06. The Kier molecular flexibility index (Phi) is 2.57. The third-order valence-corrected chi connectivity index (χ3v) is 3.07. The van der Waals surface area contributed by atoms with Crippen molar-refractivity contribution in [3.05, 3.63) is 35.6 Å². The van der Waals surface area contributed by atoms with E-state index in [1.54, 1.807) is 7.11 Å². The van der Waals surface area contributed by atoms with Crippen LogP contribution in [0.2, 0.25) is 0 Å². The summed E-state index contributed by atoms with van der Waals surface area (Å²) in [4.78, 5) is 0. The second-order valence-electron chi connectivity index (χ2n) is 4.06. The molecule has 88 valence electrons. The lowest BCUT2D eigenvalue weighted by Crippen LogP contribution is -2.22. The normalized spacial score (nSPS) is 14.4. The van der Waals surface area contributed by atoms with E-state index >= 15 is 0 Å². The molecule has 0 bridgehead atoms. The van der Waals surface area contributed by atoms with Crippen molar-refractivity contribution in [1.82, 2.24) is 10.5 Å². The van der Waals surface area contributed by atoms with E-state index in [2.05, 4.69) is 10.5 Å². The molecule has 0 spiro atoms. The molecule has 0 amide bonds. The van der Waals surface area contributed by atoms with E-state index < -0.39 is 0 Å². The topological polar surface area (TPSA) is 47.3 Å². The fourth-order valence-electron chi connectivity index (χ4n) is 2.21. The van der Waals surface area contributed by atoms with E-state index in [-0.39, 0.29) is 0 Å². The maximum absolute atomic E-state index is 5.37. The Labute approximate surface area is 99.6 Å². The molecule has 0 aliphatic carbocycles. The summed E-state index contributed by atoms with van der Waals surface area (Å²) in [7, 11) is 1.67. The third kappa shape index (κ3) is 1.70. The van der Waals surface area contributed by atoms with Gasteiger partial charge in [0.05, 0.1) is 13.7 Å². The molecule has 0 saturated heterocycles. The molecule has 2 aromatic rings. The van der Waals surface area contributed by atoms with Crippen molar-refractivity contribution in [2.24, 2.45) is 0 Å². The van der Waals surface area contributed by atoms with Crippen LogP contribution >= 0.6 is 0 Å². The van der Waals surface area contributed by atoms with E-state index in [1.807, 2.05) is 24.3 Å². The van der Waals surface area contributed by atoms with Crippen LogP contribution < -0.4 is 10.1 Å². The van der Waals surface area contributed by atoms with Crippen molar-refractivity contribution in [2.75, 3.05) is 13.7 Å². The number of benzene rings is 1. The van der Waals surface area contributed by atoms with Crippen LogP contribution in [0.4, 0.5) is 0 Å². The largest absolute Gasteiger partial charge is 0.496 e. The smallest absolute Gasteiger partial charge is 0.154 e. The standard InChI is InChI=1S/C13H14N2O2/c1-16-11-5-3-2-4-9(11)13-10-6-7-14-8-12(10)17-15-13/h2-5,14H,6-8H2,1H3. The van der Waals surface area contributed by atoms with Gasteiger partial charge in [0.2, 0.25) is 0 Å². The van der Waals surface area contributed by atoms with E-state index in [4.69, 9.17) is 9.26 Å². The lowest BCUT2D eigenvalue weighted by Gasteiger charge is -2.12. The number of hydrogen-bond donors (Lipinski definition) is 1. The summed E-state index contributed by atoms with van der Waals surface area (Å²) in [6.07, 6.45) is 0.951. The van der Waals surface area contributed by atoms with Crippen LogP contribution in [0.25, 0.3) is 11.3 Å². The minimum Gasteiger partial charge on any atom is -0.496 e. The van der Waals surface area contributed by atoms with Crippen LogP contribution in [-0.2, 0) is 13.0 Å². The molecule has 0 atom stereocenters. The third-order valence-electron chi connectivity index (χ3n) is 3.07. The van der Waals surface area contributed by atoms with Gasteiger partial charge < -0.3 is 14.6 Å². The molecule has 1 aliphatic rings. The minimum absolute atomic E-state index is 0.761. The van der Waals surface area contributed by atoms with Crippen molar-refractivity contribution < 1.29 is 9.26 Å². The molecule has 1 aliphatic heterocycles. The molecular formula is C13H14N2O2. The number of ether oxygens (including phenoxy) is 1. The van der Waals surface area contributed by atoms with Crippen LogP contribution in [-0.4, -0.2) is 18.8 Å². The van der Waals surface area contributed by atoms with Crippen LogP contribution in [0, 0.1) is 0 Å². The molecule has 4 heteroatoms. The highest BCUT2D eigenvalue weighted by atomic mass is 16.5. The highest BCUT2D eigenvalue weighted by molar-refractivity contribution is 5.70. The summed E-state index contributed by atoms with van der Waals surface area (Å²) >= 11 is 0. The lowest BCUT2D eigenvalue weighted by molar-refractivity contribution is 0.366. The first-order valence-electron chi connectivity index (χ1n) is 5.71. The van der Waals surface area contributed by atoms with Crippen LogP contribution in [0.1, 0.15) is 11.3 Å². The number of fused-ring (bicyclic) bond motifs is 1. The highest BCUT2D eigenvalue weighted by Crippen LogP contribution is 2.33. The van der Waals surface area contributed by atoms with E-state index in [1.165, 1.54) is 5.56 Å². The first kappa shape index (κ1) is 10.4.